The Morgan fingerprint density at radius 2 is 2.33 bits per heavy atom. The van der Waals surface area contributed by atoms with E-state index in [4.69, 9.17) is 0 Å². The Kier molecular flexibility index (Phi) is 2.26. The van der Waals surface area contributed by atoms with Crippen LogP contribution in [0.3, 0.4) is 0 Å². The zero-order chi connectivity index (χ0) is 8.39. The lowest BCUT2D eigenvalue weighted by atomic mass is 10.3. The lowest BCUT2D eigenvalue weighted by molar-refractivity contribution is 0.645. The van der Waals surface area contributed by atoms with Gasteiger partial charge in [-0.05, 0) is 12.8 Å². The van der Waals surface area contributed by atoms with Crippen molar-refractivity contribution in [1.29, 1.82) is 0 Å². The molecule has 1 fully saturated rings. The van der Waals surface area contributed by atoms with Crippen molar-refractivity contribution in [2.75, 3.05) is 0 Å². The molecule has 1 aliphatic rings. The van der Waals surface area contributed by atoms with Crippen LogP contribution in [0.4, 0.5) is 0 Å². The molecule has 0 bridgehead atoms. The van der Waals surface area contributed by atoms with E-state index in [0.717, 1.165) is 4.80 Å². The van der Waals surface area contributed by atoms with Crippen molar-refractivity contribution in [3.63, 3.8) is 0 Å². The minimum Gasteiger partial charge on any atom is -0.254 e. The molecule has 4 heteroatoms. The number of hydrogen-bond donors (Lipinski definition) is 0. The minimum atomic E-state index is 0.566. The van der Waals surface area contributed by atoms with E-state index in [9.17, 15) is 0 Å². The van der Waals surface area contributed by atoms with Crippen molar-refractivity contribution < 1.29 is 0 Å². The Balaban J connectivity index is 2.22. The monoisotopic (exact) mass is 183 g/mol. The first-order valence-corrected chi connectivity index (χ1v) is 5.25. The maximum absolute atomic E-state index is 4.64. The maximum Gasteiger partial charge on any atom is 0.202 e. The Hall–Kier alpha value is -0.640. The smallest absolute Gasteiger partial charge is 0.202 e. The topological polar surface area (TPSA) is 30.2 Å². The van der Waals surface area contributed by atoms with Crippen LogP contribution in [-0.2, 0) is 7.05 Å². The van der Waals surface area contributed by atoms with Crippen molar-refractivity contribution in [2.24, 2.45) is 12.0 Å². The number of hydrogen-bond acceptors (Lipinski definition) is 3. The van der Waals surface area contributed by atoms with Crippen LogP contribution in [0.25, 0.3) is 0 Å². The molecule has 2 rings (SSSR count). The summed E-state index contributed by atoms with van der Waals surface area (Å²) in [5.74, 6) is 0. The fraction of sp³-hybridized carbons (Fsp3) is 0.750. The highest BCUT2D eigenvalue weighted by atomic mass is 32.1. The summed E-state index contributed by atoms with van der Waals surface area (Å²) in [6, 6.07) is 0.566. The first-order chi connectivity index (χ1) is 5.86. The van der Waals surface area contributed by atoms with Gasteiger partial charge >= 0.3 is 0 Å². The Bertz CT molecular complexity index is 306. The van der Waals surface area contributed by atoms with E-state index in [1.807, 2.05) is 17.2 Å². The highest BCUT2D eigenvalue weighted by Crippen LogP contribution is 2.20. The Morgan fingerprint density at radius 3 is 2.92 bits per heavy atom. The third-order valence-corrected chi connectivity index (χ3v) is 3.05. The normalized spacial score (nSPS) is 20.6. The molecule has 1 aromatic rings. The average molecular weight is 183 g/mol. The summed E-state index contributed by atoms with van der Waals surface area (Å²) in [6.07, 6.45) is 5.21. The van der Waals surface area contributed by atoms with E-state index in [1.54, 1.807) is 11.3 Å². The summed E-state index contributed by atoms with van der Waals surface area (Å²) in [7, 11) is 1.95. The second-order valence-electron chi connectivity index (χ2n) is 3.21. The van der Waals surface area contributed by atoms with Crippen LogP contribution in [0.5, 0.6) is 0 Å². The van der Waals surface area contributed by atoms with Gasteiger partial charge in [0.05, 0.1) is 6.04 Å². The predicted molar refractivity (Wildman–Crippen MR) is 48.9 cm³/mol. The third-order valence-electron chi connectivity index (χ3n) is 2.27. The molecule has 12 heavy (non-hydrogen) atoms. The van der Waals surface area contributed by atoms with E-state index in [0.29, 0.717) is 6.04 Å². The molecule has 0 saturated heterocycles. The van der Waals surface area contributed by atoms with E-state index < -0.39 is 0 Å². The first-order valence-electron chi connectivity index (χ1n) is 4.37. The quantitative estimate of drug-likeness (QED) is 0.646. The van der Waals surface area contributed by atoms with Crippen LogP contribution in [-0.4, -0.2) is 15.8 Å². The molecule has 1 heterocycles. The third kappa shape index (κ3) is 1.58. The Morgan fingerprint density at radius 1 is 1.58 bits per heavy atom. The summed E-state index contributed by atoms with van der Waals surface area (Å²) in [5.41, 5.74) is 1.84. The van der Waals surface area contributed by atoms with Crippen molar-refractivity contribution in [1.82, 2.24) is 9.78 Å². The SMILES string of the molecule is Cn1ncsc1=NC1CCCC1. The van der Waals surface area contributed by atoms with E-state index >= 15 is 0 Å². The summed E-state index contributed by atoms with van der Waals surface area (Å²) < 4.78 is 1.85. The van der Waals surface area contributed by atoms with Gasteiger partial charge in [-0.2, -0.15) is 5.10 Å². The van der Waals surface area contributed by atoms with Crippen LogP contribution >= 0.6 is 11.3 Å². The van der Waals surface area contributed by atoms with Crippen molar-refractivity contribution in [2.45, 2.75) is 31.7 Å². The molecule has 0 aliphatic heterocycles. The van der Waals surface area contributed by atoms with Gasteiger partial charge in [0.1, 0.15) is 5.51 Å². The van der Waals surface area contributed by atoms with Crippen molar-refractivity contribution in [3.05, 3.63) is 10.3 Å². The van der Waals surface area contributed by atoms with E-state index in [-0.39, 0.29) is 0 Å². The van der Waals surface area contributed by atoms with Gasteiger partial charge in [0, 0.05) is 7.05 Å². The van der Waals surface area contributed by atoms with E-state index in [1.165, 1.54) is 25.7 Å². The molecule has 1 aromatic heterocycles. The minimum absolute atomic E-state index is 0.566. The van der Waals surface area contributed by atoms with Gasteiger partial charge in [-0.15, -0.1) is 0 Å². The second kappa shape index (κ2) is 3.39. The molecule has 0 N–H and O–H groups in total. The predicted octanol–water partition coefficient (Wildman–Crippen LogP) is 1.32. The number of aromatic nitrogens is 2. The highest BCUT2D eigenvalue weighted by molar-refractivity contribution is 7.06. The van der Waals surface area contributed by atoms with Gasteiger partial charge in [-0.1, -0.05) is 24.2 Å². The zero-order valence-electron chi connectivity index (χ0n) is 7.23. The average Bonchev–Trinajstić information content (AvgIpc) is 2.65. The molecule has 0 unspecified atom stereocenters. The van der Waals surface area contributed by atoms with Crippen LogP contribution < -0.4 is 4.80 Å². The van der Waals surface area contributed by atoms with Crippen LogP contribution in [0.1, 0.15) is 25.7 Å². The lowest BCUT2D eigenvalue weighted by Crippen LogP contribution is -2.15. The second-order valence-corrected chi connectivity index (χ2v) is 4.02. The molecule has 0 radical (unpaired) electrons. The first kappa shape index (κ1) is 7.98. The van der Waals surface area contributed by atoms with Gasteiger partial charge in [0.25, 0.3) is 0 Å². The van der Waals surface area contributed by atoms with Crippen molar-refractivity contribution >= 4 is 11.3 Å². The zero-order valence-corrected chi connectivity index (χ0v) is 8.05. The van der Waals surface area contributed by atoms with Gasteiger partial charge < -0.3 is 0 Å². The van der Waals surface area contributed by atoms with Crippen LogP contribution in [0, 0.1) is 0 Å². The lowest BCUT2D eigenvalue weighted by Gasteiger charge is -1.98. The van der Waals surface area contributed by atoms with Gasteiger partial charge in [-0.25, -0.2) is 4.68 Å². The maximum atomic E-state index is 4.64. The molecule has 0 aromatic carbocycles. The van der Waals surface area contributed by atoms with Crippen LogP contribution in [0.2, 0.25) is 0 Å². The molecule has 1 saturated carbocycles. The number of rotatable bonds is 1. The fourth-order valence-electron chi connectivity index (χ4n) is 1.57. The standard InChI is InChI=1S/C8H13N3S/c1-11-8(12-6-9-11)10-7-4-2-3-5-7/h6-7H,2-5H2,1H3. The molecular formula is C8H13N3S. The van der Waals surface area contributed by atoms with Crippen LogP contribution in [0.15, 0.2) is 10.5 Å². The molecule has 66 valence electrons. The van der Waals surface area contributed by atoms with Gasteiger partial charge in [-0.3, -0.25) is 4.99 Å². The molecule has 0 atom stereocenters. The number of nitrogens with zero attached hydrogens (tertiary/aromatic N) is 3. The fourth-order valence-corrected chi connectivity index (χ4v) is 2.26. The molecule has 0 spiro atoms. The molecule has 0 amide bonds. The van der Waals surface area contributed by atoms with E-state index in [2.05, 4.69) is 10.1 Å². The summed E-state index contributed by atoms with van der Waals surface area (Å²) >= 11 is 1.62. The summed E-state index contributed by atoms with van der Waals surface area (Å²) in [4.78, 5) is 5.69. The Labute approximate surface area is 75.8 Å². The molecule has 3 nitrogen and oxygen atoms in total. The van der Waals surface area contributed by atoms with Gasteiger partial charge in [0.2, 0.25) is 4.80 Å². The van der Waals surface area contributed by atoms with Crippen molar-refractivity contribution in [3.8, 4) is 0 Å². The highest BCUT2D eigenvalue weighted by Gasteiger charge is 2.13. The molecular weight excluding hydrogens is 170 g/mol. The molecule has 1 aliphatic carbocycles. The summed E-state index contributed by atoms with van der Waals surface area (Å²) in [5, 5.41) is 4.10. The van der Waals surface area contributed by atoms with Gasteiger partial charge in [0.15, 0.2) is 0 Å². The summed E-state index contributed by atoms with van der Waals surface area (Å²) in [6.45, 7) is 0. The largest absolute Gasteiger partial charge is 0.254 e. The number of aryl methyl sites for hydroxylation is 1.